The lowest BCUT2D eigenvalue weighted by Crippen LogP contribution is -2.31. The summed E-state index contributed by atoms with van der Waals surface area (Å²) in [7, 11) is 0. The van der Waals surface area contributed by atoms with Crippen LogP contribution in [0.1, 0.15) is 30.4 Å². The molecule has 0 spiro atoms. The molecular weight excluding hydrogens is 332 g/mol. The van der Waals surface area contributed by atoms with Crippen LogP contribution in [-0.2, 0) is 6.18 Å². The van der Waals surface area contributed by atoms with E-state index in [1.165, 1.54) is 6.07 Å². The zero-order chi connectivity index (χ0) is 18.0. The van der Waals surface area contributed by atoms with Gasteiger partial charge in [-0.3, -0.25) is 0 Å². The van der Waals surface area contributed by atoms with Crippen molar-refractivity contribution in [2.75, 3.05) is 18.0 Å². The van der Waals surface area contributed by atoms with Crippen molar-refractivity contribution in [1.82, 2.24) is 0 Å². The first kappa shape index (κ1) is 17.3. The molecule has 1 fully saturated rings. The number of hydrogen-bond acceptors (Lipinski definition) is 2. The number of nitriles is 1. The highest BCUT2D eigenvalue weighted by Gasteiger charge is 2.40. The quantitative estimate of drug-likeness (QED) is 0.682. The Balaban J connectivity index is 2.30. The van der Waals surface area contributed by atoms with Crippen molar-refractivity contribution in [3.05, 3.63) is 53.3 Å². The number of piperidine rings is 1. The van der Waals surface area contributed by atoms with Crippen LogP contribution in [0.2, 0.25) is 0 Å². The Morgan fingerprint density at radius 3 is 2.20 bits per heavy atom. The molecule has 2 aromatic carbocycles. The molecule has 1 aliphatic rings. The van der Waals surface area contributed by atoms with Gasteiger partial charge >= 0.3 is 6.18 Å². The summed E-state index contributed by atoms with van der Waals surface area (Å²) in [6.45, 7) is 1.000. The van der Waals surface area contributed by atoms with E-state index < -0.39 is 23.1 Å². The summed E-state index contributed by atoms with van der Waals surface area (Å²) in [5.74, 6) is -1.35. The van der Waals surface area contributed by atoms with Crippen molar-refractivity contribution in [2.24, 2.45) is 0 Å². The van der Waals surface area contributed by atoms with Gasteiger partial charge in [-0.25, -0.2) is 4.39 Å². The van der Waals surface area contributed by atoms with Crippen LogP contribution < -0.4 is 4.90 Å². The fourth-order valence-electron chi connectivity index (χ4n) is 3.27. The molecule has 0 atom stereocenters. The Kier molecular flexibility index (Phi) is 4.67. The van der Waals surface area contributed by atoms with Gasteiger partial charge in [-0.2, -0.15) is 18.4 Å². The Morgan fingerprint density at radius 2 is 1.64 bits per heavy atom. The number of benzene rings is 2. The minimum atomic E-state index is -4.92. The summed E-state index contributed by atoms with van der Waals surface area (Å²) in [5, 5.41) is 9.15. The van der Waals surface area contributed by atoms with E-state index in [0.29, 0.717) is 24.2 Å². The van der Waals surface area contributed by atoms with Crippen LogP contribution in [0.3, 0.4) is 0 Å². The highest BCUT2D eigenvalue weighted by molar-refractivity contribution is 5.82. The van der Waals surface area contributed by atoms with Crippen LogP contribution in [0.15, 0.2) is 36.4 Å². The van der Waals surface area contributed by atoms with Gasteiger partial charge in [0.1, 0.15) is 5.56 Å². The average Bonchev–Trinajstić information content (AvgIpc) is 2.61. The topological polar surface area (TPSA) is 27.0 Å². The van der Waals surface area contributed by atoms with Crippen LogP contribution >= 0.6 is 0 Å². The summed E-state index contributed by atoms with van der Waals surface area (Å²) >= 11 is 0. The lowest BCUT2D eigenvalue weighted by atomic mass is 9.94. The molecule has 1 heterocycles. The molecule has 2 aromatic rings. The van der Waals surface area contributed by atoms with Gasteiger partial charge in [0, 0.05) is 18.7 Å². The second-order valence-electron chi connectivity index (χ2n) is 6.03. The monoisotopic (exact) mass is 348 g/mol. The van der Waals surface area contributed by atoms with Gasteiger partial charge in [0.25, 0.3) is 0 Å². The predicted octanol–water partition coefficient (Wildman–Crippen LogP) is 5.37. The highest BCUT2D eigenvalue weighted by atomic mass is 19.4. The maximum absolute atomic E-state index is 15.0. The average molecular weight is 348 g/mol. The summed E-state index contributed by atoms with van der Waals surface area (Å²) in [6.07, 6.45) is -2.35. The number of anilines is 1. The van der Waals surface area contributed by atoms with Gasteiger partial charge in [-0.05, 0) is 30.9 Å². The molecule has 3 rings (SSSR count). The molecule has 0 radical (unpaired) electrons. The number of halogens is 4. The van der Waals surface area contributed by atoms with Crippen LogP contribution in [0, 0.1) is 17.1 Å². The molecule has 0 unspecified atom stereocenters. The van der Waals surface area contributed by atoms with Crippen molar-refractivity contribution in [2.45, 2.75) is 25.4 Å². The normalized spacial score (nSPS) is 15.1. The SMILES string of the molecule is N#Cc1cc(-c2ccccc2)c(N2CCCCC2)c(F)c1C(F)(F)F. The van der Waals surface area contributed by atoms with E-state index in [9.17, 15) is 13.2 Å². The second-order valence-corrected chi connectivity index (χ2v) is 6.03. The third kappa shape index (κ3) is 3.32. The van der Waals surface area contributed by atoms with E-state index in [4.69, 9.17) is 5.26 Å². The molecule has 0 bridgehead atoms. The van der Waals surface area contributed by atoms with Gasteiger partial charge < -0.3 is 4.90 Å². The smallest absolute Gasteiger partial charge is 0.369 e. The zero-order valence-corrected chi connectivity index (χ0v) is 13.4. The van der Waals surface area contributed by atoms with E-state index in [0.717, 1.165) is 25.3 Å². The van der Waals surface area contributed by atoms with Crippen molar-refractivity contribution in [1.29, 1.82) is 5.26 Å². The summed E-state index contributed by atoms with van der Waals surface area (Å²) in [6, 6.07) is 11.3. The zero-order valence-electron chi connectivity index (χ0n) is 13.4. The first-order valence-corrected chi connectivity index (χ1v) is 8.07. The highest BCUT2D eigenvalue weighted by Crippen LogP contribution is 2.43. The maximum atomic E-state index is 15.0. The number of hydrogen-bond donors (Lipinski definition) is 0. The van der Waals surface area contributed by atoms with Crippen LogP contribution in [0.4, 0.5) is 23.2 Å². The molecule has 0 aliphatic carbocycles. The van der Waals surface area contributed by atoms with E-state index >= 15 is 4.39 Å². The molecule has 1 saturated heterocycles. The lowest BCUT2D eigenvalue weighted by Gasteiger charge is -2.32. The Morgan fingerprint density at radius 1 is 1.00 bits per heavy atom. The van der Waals surface area contributed by atoms with E-state index in [-0.39, 0.29) is 5.69 Å². The van der Waals surface area contributed by atoms with Gasteiger partial charge in [0.15, 0.2) is 5.82 Å². The fourth-order valence-corrected chi connectivity index (χ4v) is 3.27. The molecule has 130 valence electrons. The number of alkyl halides is 3. The number of rotatable bonds is 2. The molecule has 0 saturated carbocycles. The molecule has 25 heavy (non-hydrogen) atoms. The summed E-state index contributed by atoms with van der Waals surface area (Å²) in [4.78, 5) is 1.66. The molecule has 2 nitrogen and oxygen atoms in total. The molecular formula is C19H16F4N2. The van der Waals surface area contributed by atoms with Gasteiger partial charge in [-0.1, -0.05) is 30.3 Å². The van der Waals surface area contributed by atoms with Crippen molar-refractivity contribution < 1.29 is 17.6 Å². The van der Waals surface area contributed by atoms with Gasteiger partial charge in [0.2, 0.25) is 0 Å². The third-order valence-electron chi connectivity index (χ3n) is 4.40. The Bertz CT molecular complexity index is 801. The molecule has 1 aliphatic heterocycles. The van der Waals surface area contributed by atoms with Crippen molar-refractivity contribution in [3.8, 4) is 17.2 Å². The van der Waals surface area contributed by atoms with Crippen LogP contribution in [-0.4, -0.2) is 13.1 Å². The van der Waals surface area contributed by atoms with Gasteiger partial charge in [-0.15, -0.1) is 0 Å². The maximum Gasteiger partial charge on any atom is 0.420 e. The van der Waals surface area contributed by atoms with Crippen LogP contribution in [0.25, 0.3) is 11.1 Å². The third-order valence-corrected chi connectivity index (χ3v) is 4.40. The van der Waals surface area contributed by atoms with Crippen molar-refractivity contribution in [3.63, 3.8) is 0 Å². The Labute approximate surface area is 143 Å². The van der Waals surface area contributed by atoms with E-state index in [1.807, 2.05) is 0 Å². The largest absolute Gasteiger partial charge is 0.420 e. The molecule has 0 N–H and O–H groups in total. The van der Waals surface area contributed by atoms with Crippen LogP contribution in [0.5, 0.6) is 0 Å². The first-order chi connectivity index (χ1) is 11.9. The molecule has 6 heteroatoms. The minimum absolute atomic E-state index is 0.0581. The fraction of sp³-hybridized carbons (Fsp3) is 0.316. The second kappa shape index (κ2) is 6.75. The summed E-state index contributed by atoms with van der Waals surface area (Å²) in [5.41, 5.74) is -1.31. The Hall–Kier alpha value is -2.55. The van der Waals surface area contributed by atoms with E-state index in [2.05, 4.69) is 0 Å². The molecule has 0 aromatic heterocycles. The first-order valence-electron chi connectivity index (χ1n) is 8.07. The predicted molar refractivity (Wildman–Crippen MR) is 87.6 cm³/mol. The standard InChI is InChI=1S/C19H16F4N2/c20-17-16(19(21,22)23)14(12-24)11-15(13-7-3-1-4-8-13)18(17)25-9-5-2-6-10-25/h1,3-4,7-8,11H,2,5-6,9-10H2. The lowest BCUT2D eigenvalue weighted by molar-refractivity contribution is -0.140. The summed E-state index contributed by atoms with van der Waals surface area (Å²) < 4.78 is 55.1. The molecule has 0 amide bonds. The minimum Gasteiger partial charge on any atom is -0.369 e. The number of nitrogens with zero attached hydrogens (tertiary/aromatic N) is 2. The van der Waals surface area contributed by atoms with Gasteiger partial charge in [0.05, 0.1) is 17.3 Å². The van der Waals surface area contributed by atoms with Crippen molar-refractivity contribution >= 4 is 5.69 Å². The van der Waals surface area contributed by atoms with E-state index in [1.54, 1.807) is 35.2 Å².